The Morgan fingerprint density at radius 3 is 2.53 bits per heavy atom. The quantitative estimate of drug-likeness (QED) is 0.806. The smallest absolute Gasteiger partial charge is 0.329 e. The minimum atomic E-state index is -1.13. The monoisotopic (exact) mass is 269 g/mol. The molecule has 1 rings (SSSR count). The normalized spacial score (nSPS) is 25.4. The van der Waals surface area contributed by atoms with E-state index in [0.29, 0.717) is 6.42 Å². The molecule has 1 fully saturated rings. The van der Waals surface area contributed by atoms with Crippen LogP contribution in [0.2, 0.25) is 0 Å². The summed E-state index contributed by atoms with van der Waals surface area (Å²) in [6.07, 6.45) is 5.10. The van der Waals surface area contributed by atoms with Gasteiger partial charge in [0.1, 0.15) is 5.54 Å². The highest BCUT2D eigenvalue weighted by Crippen LogP contribution is 2.38. The number of carbonyl (C=O) groups is 2. The average molecular weight is 269 g/mol. The first-order valence-electron chi connectivity index (χ1n) is 7.25. The largest absolute Gasteiger partial charge is 0.480 e. The number of carboxylic acid groups (broad SMARTS) is 1. The van der Waals surface area contributed by atoms with E-state index in [1.54, 1.807) is 6.92 Å². The van der Waals surface area contributed by atoms with Crippen molar-refractivity contribution in [2.24, 2.45) is 11.3 Å². The fraction of sp³-hybridized carbons (Fsp3) is 0.867. The maximum Gasteiger partial charge on any atom is 0.329 e. The van der Waals surface area contributed by atoms with Crippen LogP contribution in [0, 0.1) is 11.3 Å². The van der Waals surface area contributed by atoms with Crippen LogP contribution in [-0.2, 0) is 9.59 Å². The molecule has 19 heavy (non-hydrogen) atoms. The number of hydrogen-bond donors (Lipinski definition) is 2. The molecular formula is C15H27NO3. The third kappa shape index (κ3) is 4.22. The van der Waals surface area contributed by atoms with Gasteiger partial charge in [0, 0.05) is 5.92 Å². The van der Waals surface area contributed by atoms with Gasteiger partial charge in [0.15, 0.2) is 0 Å². The van der Waals surface area contributed by atoms with Crippen molar-refractivity contribution in [3.05, 3.63) is 0 Å². The molecule has 0 aromatic rings. The summed E-state index contributed by atoms with van der Waals surface area (Å²) in [5.74, 6) is -1.08. The van der Waals surface area contributed by atoms with Gasteiger partial charge in [0.2, 0.25) is 5.91 Å². The molecule has 0 aromatic heterocycles. The molecule has 2 N–H and O–H groups in total. The van der Waals surface area contributed by atoms with Crippen LogP contribution in [0.3, 0.4) is 0 Å². The lowest BCUT2D eigenvalue weighted by Gasteiger charge is -2.36. The van der Waals surface area contributed by atoms with Gasteiger partial charge in [-0.2, -0.15) is 0 Å². The number of amides is 1. The van der Waals surface area contributed by atoms with Crippen LogP contribution in [0.1, 0.15) is 66.2 Å². The number of hydrogen-bond acceptors (Lipinski definition) is 2. The van der Waals surface area contributed by atoms with E-state index in [0.717, 1.165) is 32.1 Å². The predicted octanol–water partition coefficient (Wildman–Crippen LogP) is 2.96. The Morgan fingerprint density at radius 1 is 1.42 bits per heavy atom. The Balaban J connectivity index is 2.69. The average Bonchev–Trinajstić information content (AvgIpc) is 2.27. The topological polar surface area (TPSA) is 66.4 Å². The van der Waals surface area contributed by atoms with Crippen LogP contribution in [0.15, 0.2) is 0 Å². The van der Waals surface area contributed by atoms with Crippen molar-refractivity contribution < 1.29 is 14.7 Å². The second-order valence-corrected chi connectivity index (χ2v) is 6.83. The zero-order valence-electron chi connectivity index (χ0n) is 12.6. The molecule has 1 aliphatic carbocycles. The van der Waals surface area contributed by atoms with Crippen LogP contribution in [0.5, 0.6) is 0 Å². The first kappa shape index (κ1) is 16.0. The molecule has 2 atom stereocenters. The summed E-state index contributed by atoms with van der Waals surface area (Å²) in [5, 5.41) is 12.1. The molecule has 0 bridgehead atoms. The molecule has 2 unspecified atom stereocenters. The van der Waals surface area contributed by atoms with Crippen molar-refractivity contribution in [1.29, 1.82) is 0 Å². The van der Waals surface area contributed by atoms with Crippen molar-refractivity contribution >= 4 is 11.9 Å². The van der Waals surface area contributed by atoms with Gasteiger partial charge >= 0.3 is 5.97 Å². The fourth-order valence-electron chi connectivity index (χ4n) is 3.02. The summed E-state index contributed by atoms with van der Waals surface area (Å²) in [4.78, 5) is 23.6. The molecule has 110 valence electrons. The van der Waals surface area contributed by atoms with E-state index >= 15 is 0 Å². The predicted molar refractivity (Wildman–Crippen MR) is 74.8 cm³/mol. The molecule has 0 saturated heterocycles. The van der Waals surface area contributed by atoms with Crippen LogP contribution in [0.4, 0.5) is 0 Å². The summed E-state index contributed by atoms with van der Waals surface area (Å²) < 4.78 is 0. The second-order valence-electron chi connectivity index (χ2n) is 6.83. The second kappa shape index (κ2) is 5.93. The van der Waals surface area contributed by atoms with E-state index in [2.05, 4.69) is 19.2 Å². The lowest BCUT2D eigenvalue weighted by Crippen LogP contribution is -2.54. The molecule has 1 amide bonds. The molecule has 0 spiro atoms. The van der Waals surface area contributed by atoms with E-state index in [1.165, 1.54) is 0 Å². The van der Waals surface area contributed by atoms with Crippen LogP contribution >= 0.6 is 0 Å². The van der Waals surface area contributed by atoms with Gasteiger partial charge in [-0.05, 0) is 38.0 Å². The van der Waals surface area contributed by atoms with Gasteiger partial charge < -0.3 is 10.4 Å². The summed E-state index contributed by atoms with van der Waals surface area (Å²) in [5.41, 5.74) is -0.946. The zero-order valence-corrected chi connectivity index (χ0v) is 12.6. The van der Waals surface area contributed by atoms with Crippen LogP contribution in [-0.4, -0.2) is 22.5 Å². The van der Waals surface area contributed by atoms with Crippen molar-refractivity contribution in [1.82, 2.24) is 5.32 Å². The molecule has 1 aliphatic rings. The molecule has 0 heterocycles. The zero-order chi connectivity index (χ0) is 14.7. The van der Waals surface area contributed by atoms with Crippen molar-refractivity contribution in [2.45, 2.75) is 71.8 Å². The molecule has 1 saturated carbocycles. The summed E-state index contributed by atoms with van der Waals surface area (Å²) in [6, 6.07) is 0. The molecule has 4 heteroatoms. The Hall–Kier alpha value is -1.06. The number of carboxylic acids is 1. The fourth-order valence-corrected chi connectivity index (χ4v) is 3.02. The maximum atomic E-state index is 12.3. The Kier molecular flexibility index (Phi) is 4.99. The van der Waals surface area contributed by atoms with Gasteiger partial charge in [-0.1, -0.05) is 33.6 Å². The van der Waals surface area contributed by atoms with Crippen molar-refractivity contribution in [3.63, 3.8) is 0 Å². The van der Waals surface area contributed by atoms with Gasteiger partial charge in [-0.3, -0.25) is 4.79 Å². The molecular weight excluding hydrogens is 242 g/mol. The summed E-state index contributed by atoms with van der Waals surface area (Å²) in [7, 11) is 0. The Labute approximate surface area is 116 Å². The number of nitrogens with one attached hydrogen (secondary N) is 1. The molecule has 0 radical (unpaired) electrons. The van der Waals surface area contributed by atoms with E-state index in [-0.39, 0.29) is 17.2 Å². The van der Waals surface area contributed by atoms with Crippen molar-refractivity contribution in [3.8, 4) is 0 Å². The lowest BCUT2D eigenvalue weighted by atomic mass is 9.72. The molecule has 4 nitrogen and oxygen atoms in total. The third-order valence-corrected chi connectivity index (χ3v) is 4.20. The standard InChI is InChI=1S/C15H27NO3/c1-5-8-15(4,13(18)19)16-12(17)11-7-6-9-14(2,3)10-11/h11H,5-10H2,1-4H3,(H,16,17)(H,18,19). The third-order valence-electron chi connectivity index (χ3n) is 4.20. The summed E-state index contributed by atoms with van der Waals surface area (Å²) >= 11 is 0. The van der Waals surface area contributed by atoms with Gasteiger partial charge in [0.05, 0.1) is 0 Å². The highest BCUT2D eigenvalue weighted by molar-refractivity contribution is 5.87. The minimum absolute atomic E-state index is 0.0423. The Morgan fingerprint density at radius 2 is 2.05 bits per heavy atom. The highest BCUT2D eigenvalue weighted by Gasteiger charge is 2.38. The van der Waals surface area contributed by atoms with Crippen LogP contribution in [0.25, 0.3) is 0 Å². The number of rotatable bonds is 5. The highest BCUT2D eigenvalue weighted by atomic mass is 16.4. The maximum absolute atomic E-state index is 12.3. The Bertz CT molecular complexity index is 351. The number of aliphatic carboxylic acids is 1. The van der Waals surface area contributed by atoms with Gasteiger partial charge in [0.25, 0.3) is 0 Å². The number of carbonyl (C=O) groups excluding carboxylic acids is 1. The minimum Gasteiger partial charge on any atom is -0.480 e. The first-order valence-corrected chi connectivity index (χ1v) is 7.25. The van der Waals surface area contributed by atoms with E-state index in [1.807, 2.05) is 6.92 Å². The van der Waals surface area contributed by atoms with Crippen molar-refractivity contribution in [2.75, 3.05) is 0 Å². The van der Waals surface area contributed by atoms with Gasteiger partial charge in [-0.15, -0.1) is 0 Å². The molecule has 0 aromatic carbocycles. The first-order chi connectivity index (χ1) is 8.70. The van der Waals surface area contributed by atoms with E-state index < -0.39 is 11.5 Å². The van der Waals surface area contributed by atoms with Gasteiger partial charge in [-0.25, -0.2) is 4.79 Å². The molecule has 0 aliphatic heterocycles. The van der Waals surface area contributed by atoms with E-state index in [4.69, 9.17) is 0 Å². The summed E-state index contributed by atoms with van der Waals surface area (Å²) in [6.45, 7) is 7.88. The SMILES string of the molecule is CCCC(C)(NC(=O)C1CCCC(C)(C)C1)C(=O)O. The lowest BCUT2D eigenvalue weighted by molar-refractivity contribution is -0.148. The van der Waals surface area contributed by atoms with Crippen LogP contribution < -0.4 is 5.32 Å². The van der Waals surface area contributed by atoms with E-state index in [9.17, 15) is 14.7 Å².